The zero-order valence-electron chi connectivity index (χ0n) is 17.4. The Morgan fingerprint density at radius 2 is 1.93 bits per heavy atom. The number of hydrogen-bond donors (Lipinski definition) is 2. The predicted octanol–water partition coefficient (Wildman–Crippen LogP) is 3.50. The number of methoxy groups -OCH3 is 2. The van der Waals surface area contributed by atoms with Crippen LogP contribution in [0.25, 0.3) is 0 Å². The third-order valence-corrected chi connectivity index (χ3v) is 4.85. The van der Waals surface area contributed by atoms with Crippen LogP contribution in [0.5, 0.6) is 11.5 Å². The van der Waals surface area contributed by atoms with Gasteiger partial charge in [-0.15, -0.1) is 0 Å². The summed E-state index contributed by atoms with van der Waals surface area (Å²) in [6.45, 7) is 8.11. The highest BCUT2D eigenvalue weighted by Crippen LogP contribution is 2.35. The minimum absolute atomic E-state index is 0.261. The molecule has 27 heavy (non-hydrogen) atoms. The maximum Gasteiger partial charge on any atom is 0.191 e. The predicted molar refractivity (Wildman–Crippen MR) is 110 cm³/mol. The highest BCUT2D eigenvalue weighted by molar-refractivity contribution is 5.79. The van der Waals surface area contributed by atoms with Crippen molar-refractivity contribution in [2.24, 2.45) is 4.99 Å². The number of benzene rings is 1. The molecule has 0 unspecified atom stereocenters. The van der Waals surface area contributed by atoms with Gasteiger partial charge in [0.05, 0.1) is 25.4 Å². The van der Waals surface area contributed by atoms with E-state index in [-0.39, 0.29) is 11.7 Å². The van der Waals surface area contributed by atoms with E-state index in [0.717, 1.165) is 42.4 Å². The lowest BCUT2D eigenvalue weighted by molar-refractivity contribution is 0.0268. The number of rotatable bonds is 9. The highest BCUT2D eigenvalue weighted by Gasteiger charge is 2.21. The Labute approximate surface area is 163 Å². The fourth-order valence-electron chi connectivity index (χ4n) is 3.03. The van der Waals surface area contributed by atoms with Crippen LogP contribution in [-0.2, 0) is 11.3 Å². The fraction of sp³-hybridized carbons (Fsp3) is 0.667. The normalized spacial score (nSPS) is 15.7. The molecule has 0 bridgehead atoms. The van der Waals surface area contributed by atoms with Gasteiger partial charge in [0.1, 0.15) is 0 Å². The Hall–Kier alpha value is -1.95. The van der Waals surface area contributed by atoms with E-state index in [1.807, 2.05) is 26.0 Å². The summed E-state index contributed by atoms with van der Waals surface area (Å²) in [5.41, 5.74) is 0.771. The second kappa shape index (κ2) is 10.4. The standard InChI is InChI=1S/C21H35N3O3/c1-6-22-20(24-15-21(2,3)26-5)23-14-16-10-9-13-18(25-4)19(16)27-17-11-7-8-12-17/h9-10,13,17H,6-8,11-12,14-15H2,1-5H3,(H2,22,23,24). The van der Waals surface area contributed by atoms with Crippen molar-refractivity contribution in [2.45, 2.75) is 64.7 Å². The highest BCUT2D eigenvalue weighted by atomic mass is 16.5. The zero-order chi connectivity index (χ0) is 19.7. The van der Waals surface area contributed by atoms with E-state index in [0.29, 0.717) is 13.1 Å². The van der Waals surface area contributed by atoms with Crippen LogP contribution in [0.15, 0.2) is 23.2 Å². The van der Waals surface area contributed by atoms with E-state index >= 15 is 0 Å². The van der Waals surface area contributed by atoms with Crippen molar-refractivity contribution in [1.29, 1.82) is 0 Å². The van der Waals surface area contributed by atoms with Crippen molar-refractivity contribution < 1.29 is 14.2 Å². The molecule has 2 rings (SSSR count). The van der Waals surface area contributed by atoms with E-state index in [1.165, 1.54) is 12.8 Å². The summed E-state index contributed by atoms with van der Waals surface area (Å²) in [7, 11) is 3.40. The Balaban J connectivity index is 2.13. The van der Waals surface area contributed by atoms with Gasteiger partial charge in [-0.05, 0) is 52.5 Å². The molecule has 0 atom stereocenters. The lowest BCUT2D eigenvalue weighted by Gasteiger charge is -2.24. The van der Waals surface area contributed by atoms with Gasteiger partial charge < -0.3 is 24.8 Å². The molecule has 0 radical (unpaired) electrons. The van der Waals surface area contributed by atoms with Crippen molar-refractivity contribution in [3.63, 3.8) is 0 Å². The molecule has 1 saturated carbocycles. The average molecular weight is 378 g/mol. The van der Waals surface area contributed by atoms with Crippen molar-refractivity contribution in [2.75, 3.05) is 27.3 Å². The van der Waals surface area contributed by atoms with Crippen LogP contribution in [-0.4, -0.2) is 45.0 Å². The first-order chi connectivity index (χ1) is 13.0. The topological polar surface area (TPSA) is 64.1 Å². The minimum Gasteiger partial charge on any atom is -0.493 e. The smallest absolute Gasteiger partial charge is 0.191 e. The largest absolute Gasteiger partial charge is 0.493 e. The molecule has 0 aliphatic heterocycles. The van der Waals surface area contributed by atoms with Crippen LogP contribution in [0.1, 0.15) is 52.0 Å². The summed E-state index contributed by atoms with van der Waals surface area (Å²) in [6, 6.07) is 5.99. The molecule has 0 aromatic heterocycles. The molecule has 1 aromatic carbocycles. The van der Waals surface area contributed by atoms with Crippen LogP contribution in [0.3, 0.4) is 0 Å². The number of aliphatic imine (C=N–C) groups is 1. The van der Waals surface area contributed by atoms with E-state index in [2.05, 4.69) is 23.6 Å². The number of ether oxygens (including phenoxy) is 3. The molecule has 1 fully saturated rings. The third kappa shape index (κ3) is 6.61. The maximum absolute atomic E-state index is 6.30. The van der Waals surface area contributed by atoms with Crippen LogP contribution in [0.2, 0.25) is 0 Å². The summed E-state index contributed by atoms with van der Waals surface area (Å²) in [4.78, 5) is 4.74. The Morgan fingerprint density at radius 3 is 2.56 bits per heavy atom. The number of nitrogens with zero attached hydrogens (tertiary/aromatic N) is 1. The zero-order valence-corrected chi connectivity index (χ0v) is 17.4. The molecule has 1 aliphatic carbocycles. The Kier molecular flexibility index (Phi) is 8.23. The van der Waals surface area contributed by atoms with Gasteiger partial charge in [0.15, 0.2) is 17.5 Å². The van der Waals surface area contributed by atoms with Crippen LogP contribution in [0.4, 0.5) is 0 Å². The molecule has 0 saturated heterocycles. The number of hydrogen-bond acceptors (Lipinski definition) is 4. The first-order valence-electron chi connectivity index (χ1n) is 9.89. The van der Waals surface area contributed by atoms with Crippen molar-refractivity contribution in [3.8, 4) is 11.5 Å². The van der Waals surface area contributed by atoms with E-state index in [4.69, 9.17) is 19.2 Å². The van der Waals surface area contributed by atoms with E-state index in [1.54, 1.807) is 14.2 Å². The van der Waals surface area contributed by atoms with E-state index < -0.39 is 0 Å². The van der Waals surface area contributed by atoms with Gasteiger partial charge in [-0.3, -0.25) is 0 Å². The summed E-state index contributed by atoms with van der Waals surface area (Å²) < 4.78 is 17.3. The Bertz CT molecular complexity index is 611. The first kappa shape index (κ1) is 21.4. The summed E-state index contributed by atoms with van der Waals surface area (Å²) in [6.07, 6.45) is 4.96. The molecule has 0 amide bonds. The quantitative estimate of drug-likeness (QED) is 0.509. The molecule has 152 valence electrons. The van der Waals surface area contributed by atoms with Gasteiger partial charge in [0.25, 0.3) is 0 Å². The molecule has 0 spiro atoms. The average Bonchev–Trinajstić information content (AvgIpc) is 3.18. The molecule has 0 heterocycles. The molecule has 6 heteroatoms. The lowest BCUT2D eigenvalue weighted by atomic mass is 10.1. The van der Waals surface area contributed by atoms with Crippen molar-refractivity contribution in [1.82, 2.24) is 10.6 Å². The monoisotopic (exact) mass is 377 g/mol. The number of para-hydroxylation sites is 1. The fourth-order valence-corrected chi connectivity index (χ4v) is 3.03. The van der Waals surface area contributed by atoms with Crippen molar-refractivity contribution >= 4 is 5.96 Å². The minimum atomic E-state index is -0.261. The number of nitrogens with one attached hydrogen (secondary N) is 2. The molecular formula is C21H35N3O3. The second-order valence-electron chi connectivity index (χ2n) is 7.49. The lowest BCUT2D eigenvalue weighted by Crippen LogP contribution is -2.45. The SMILES string of the molecule is CCNC(=NCc1cccc(OC)c1OC1CCCC1)NCC(C)(C)OC. The van der Waals surface area contributed by atoms with Crippen molar-refractivity contribution in [3.05, 3.63) is 23.8 Å². The number of guanidine groups is 1. The third-order valence-electron chi connectivity index (χ3n) is 4.85. The molecule has 1 aliphatic rings. The second-order valence-corrected chi connectivity index (χ2v) is 7.49. The Morgan fingerprint density at radius 1 is 1.19 bits per heavy atom. The van der Waals surface area contributed by atoms with Gasteiger partial charge in [-0.1, -0.05) is 12.1 Å². The van der Waals surface area contributed by atoms with Gasteiger partial charge in [-0.25, -0.2) is 4.99 Å². The van der Waals surface area contributed by atoms with Gasteiger partial charge in [0.2, 0.25) is 0 Å². The molecule has 2 N–H and O–H groups in total. The summed E-state index contributed by atoms with van der Waals surface area (Å²) in [5.74, 6) is 2.36. The molecule has 6 nitrogen and oxygen atoms in total. The van der Waals surface area contributed by atoms with Gasteiger partial charge in [0, 0.05) is 25.8 Å². The van der Waals surface area contributed by atoms with Gasteiger partial charge in [-0.2, -0.15) is 0 Å². The maximum atomic E-state index is 6.30. The molecule has 1 aromatic rings. The van der Waals surface area contributed by atoms with Gasteiger partial charge >= 0.3 is 0 Å². The van der Waals surface area contributed by atoms with Crippen LogP contribution >= 0.6 is 0 Å². The molecular weight excluding hydrogens is 342 g/mol. The first-order valence-corrected chi connectivity index (χ1v) is 9.89. The van der Waals surface area contributed by atoms with Crippen LogP contribution < -0.4 is 20.1 Å². The summed E-state index contributed by atoms with van der Waals surface area (Å²) >= 11 is 0. The summed E-state index contributed by atoms with van der Waals surface area (Å²) in [5, 5.41) is 6.63. The van der Waals surface area contributed by atoms with E-state index in [9.17, 15) is 0 Å². The van der Waals surface area contributed by atoms with Crippen LogP contribution in [0, 0.1) is 0 Å².